The number of halogens is 2. The number of anilines is 1. The van der Waals surface area contributed by atoms with Gasteiger partial charge in [-0.2, -0.15) is 4.98 Å². The van der Waals surface area contributed by atoms with E-state index in [1.165, 1.54) is 17.3 Å². The Balaban J connectivity index is 1.48. The van der Waals surface area contributed by atoms with Gasteiger partial charge in [0.05, 0.1) is 30.4 Å². The zero-order chi connectivity index (χ0) is 29.6. The zero-order valence-corrected chi connectivity index (χ0v) is 26.6. The van der Waals surface area contributed by atoms with Crippen molar-refractivity contribution in [3.63, 3.8) is 0 Å². The van der Waals surface area contributed by atoms with E-state index in [9.17, 15) is 4.79 Å². The number of carbonyl (C=O) groups excluding carboxylic acids is 1. The van der Waals surface area contributed by atoms with E-state index in [0.29, 0.717) is 55.7 Å². The van der Waals surface area contributed by atoms with Crippen LogP contribution in [0.25, 0.3) is 0 Å². The lowest BCUT2D eigenvalue weighted by Crippen LogP contribution is -2.29. The van der Waals surface area contributed by atoms with Gasteiger partial charge in [-0.3, -0.25) is 0 Å². The van der Waals surface area contributed by atoms with Crippen LogP contribution in [0.5, 0.6) is 11.5 Å². The molecule has 8 nitrogen and oxygen atoms in total. The van der Waals surface area contributed by atoms with Crippen molar-refractivity contribution in [3.8, 4) is 11.5 Å². The van der Waals surface area contributed by atoms with E-state index >= 15 is 0 Å². The average Bonchev–Trinajstić information content (AvgIpc) is 3.39. The van der Waals surface area contributed by atoms with Gasteiger partial charge >= 0.3 is 5.97 Å². The number of ether oxygens (including phenoxy) is 3. The lowest BCUT2D eigenvalue weighted by molar-refractivity contribution is -0.139. The van der Waals surface area contributed by atoms with Gasteiger partial charge in [-0.05, 0) is 64.7 Å². The smallest absolute Gasteiger partial charge is 0.338 e. The number of methoxy groups -OCH3 is 1. The molecule has 0 amide bonds. The molecule has 0 aliphatic carbocycles. The molecule has 5 rings (SSSR count). The molecule has 0 radical (unpaired) electrons. The van der Waals surface area contributed by atoms with E-state index in [1.54, 1.807) is 18.7 Å². The minimum absolute atomic E-state index is 0.243. The normalized spacial score (nSPS) is 14.3. The second-order valence-corrected chi connectivity index (χ2v) is 11.7. The molecule has 2 heterocycles. The molecule has 1 aromatic heterocycles. The standard InChI is InChI=1S/C31H30BrClN4O4S/c1-4-40-29(38)26-19(2)34-30-35-31(42-18-21-12-8-9-13-24(21)33)36-37(30)27(26)22-16-23(32)28(25(17-22)39-3)41-15-14-20-10-6-5-7-11-20/h5-13,16-17,27H,4,14-15,18H2,1-3H3,(H,34,35,36). The van der Waals surface area contributed by atoms with Crippen molar-refractivity contribution in [2.75, 3.05) is 25.6 Å². The third-order valence-corrected chi connectivity index (χ3v) is 8.53. The summed E-state index contributed by atoms with van der Waals surface area (Å²) in [6.07, 6.45) is 0.748. The van der Waals surface area contributed by atoms with Crippen molar-refractivity contribution in [2.45, 2.75) is 37.2 Å². The molecule has 1 unspecified atom stereocenters. The highest BCUT2D eigenvalue weighted by Crippen LogP contribution is 2.43. The van der Waals surface area contributed by atoms with Crippen LogP contribution in [0.3, 0.4) is 0 Å². The van der Waals surface area contributed by atoms with Crippen LogP contribution in [0.4, 0.5) is 5.95 Å². The molecule has 0 bridgehead atoms. The molecule has 1 atom stereocenters. The second-order valence-electron chi connectivity index (χ2n) is 9.45. The lowest BCUT2D eigenvalue weighted by atomic mass is 9.95. The first-order valence-electron chi connectivity index (χ1n) is 13.4. The van der Waals surface area contributed by atoms with Crippen molar-refractivity contribution >= 4 is 51.2 Å². The van der Waals surface area contributed by atoms with Crippen LogP contribution in [0, 0.1) is 0 Å². The highest BCUT2D eigenvalue weighted by molar-refractivity contribution is 9.10. The molecule has 4 aromatic rings. The van der Waals surface area contributed by atoms with Gasteiger partial charge in [0.25, 0.3) is 0 Å². The van der Waals surface area contributed by atoms with Gasteiger partial charge in [0.15, 0.2) is 11.5 Å². The summed E-state index contributed by atoms with van der Waals surface area (Å²) in [6.45, 7) is 4.33. The van der Waals surface area contributed by atoms with Crippen molar-refractivity contribution in [1.29, 1.82) is 0 Å². The number of hydrogen-bond donors (Lipinski definition) is 1. The van der Waals surface area contributed by atoms with Crippen molar-refractivity contribution in [2.24, 2.45) is 0 Å². The Kier molecular flexibility index (Phi) is 9.76. The van der Waals surface area contributed by atoms with Crippen LogP contribution < -0.4 is 14.8 Å². The lowest BCUT2D eigenvalue weighted by Gasteiger charge is -2.28. The highest BCUT2D eigenvalue weighted by atomic mass is 79.9. The number of nitrogens with one attached hydrogen (secondary N) is 1. The van der Waals surface area contributed by atoms with Crippen LogP contribution in [0.2, 0.25) is 5.02 Å². The molecule has 0 saturated carbocycles. The third-order valence-electron chi connectivity index (χ3n) is 6.69. The maximum absolute atomic E-state index is 13.3. The SMILES string of the molecule is CCOC(=O)C1=C(C)Nc2nc(SCc3ccccc3Cl)nn2C1c1cc(Br)c(OCCc2ccccc2)c(OC)c1. The summed E-state index contributed by atoms with van der Waals surface area (Å²) < 4.78 is 19.8. The number of thioether (sulfide) groups is 1. The first kappa shape index (κ1) is 30.0. The Labute approximate surface area is 262 Å². The molecule has 218 valence electrons. The Morgan fingerprint density at radius 2 is 1.90 bits per heavy atom. The monoisotopic (exact) mass is 668 g/mol. The van der Waals surface area contributed by atoms with Gasteiger partial charge in [-0.15, -0.1) is 5.10 Å². The van der Waals surface area contributed by atoms with E-state index in [1.807, 2.05) is 61.5 Å². The van der Waals surface area contributed by atoms with Gasteiger partial charge in [-0.25, -0.2) is 9.48 Å². The molecule has 0 spiro atoms. The van der Waals surface area contributed by atoms with E-state index in [0.717, 1.165) is 17.5 Å². The Hall–Kier alpha value is -3.47. The van der Waals surface area contributed by atoms with E-state index in [4.69, 9.17) is 35.9 Å². The first-order valence-corrected chi connectivity index (χ1v) is 15.6. The van der Waals surface area contributed by atoms with Crippen molar-refractivity contribution < 1.29 is 19.0 Å². The van der Waals surface area contributed by atoms with Crippen LogP contribution >= 0.6 is 39.3 Å². The van der Waals surface area contributed by atoms with Crippen molar-refractivity contribution in [3.05, 3.63) is 104 Å². The summed E-state index contributed by atoms with van der Waals surface area (Å²) in [6, 6.07) is 21.0. The molecule has 0 fully saturated rings. The predicted molar refractivity (Wildman–Crippen MR) is 168 cm³/mol. The third kappa shape index (κ3) is 6.61. The fourth-order valence-electron chi connectivity index (χ4n) is 4.69. The van der Waals surface area contributed by atoms with Gasteiger partial charge in [0.1, 0.15) is 6.04 Å². The van der Waals surface area contributed by atoms with E-state index in [2.05, 4.69) is 33.4 Å². The molecule has 3 aromatic carbocycles. The molecular weight excluding hydrogens is 640 g/mol. The van der Waals surface area contributed by atoms with E-state index in [-0.39, 0.29) is 6.61 Å². The van der Waals surface area contributed by atoms with Gasteiger partial charge < -0.3 is 19.5 Å². The Morgan fingerprint density at radius 3 is 2.64 bits per heavy atom. The number of aromatic nitrogens is 3. The number of rotatable bonds is 11. The maximum Gasteiger partial charge on any atom is 0.338 e. The summed E-state index contributed by atoms with van der Waals surface area (Å²) >= 11 is 11.5. The van der Waals surface area contributed by atoms with Crippen LogP contribution in [0.15, 0.2) is 87.6 Å². The number of esters is 1. The topological polar surface area (TPSA) is 87.5 Å². The Bertz CT molecular complexity index is 1610. The molecule has 11 heteroatoms. The quantitative estimate of drug-likeness (QED) is 0.130. The molecule has 1 aliphatic rings. The fourth-order valence-corrected chi connectivity index (χ4v) is 6.37. The van der Waals surface area contributed by atoms with Gasteiger partial charge in [0.2, 0.25) is 11.1 Å². The number of nitrogens with zero attached hydrogens (tertiary/aromatic N) is 3. The van der Waals surface area contributed by atoms with Crippen LogP contribution in [-0.2, 0) is 21.7 Å². The Morgan fingerprint density at radius 1 is 1.14 bits per heavy atom. The van der Waals surface area contributed by atoms with Gasteiger partial charge in [0, 0.05) is 22.9 Å². The predicted octanol–water partition coefficient (Wildman–Crippen LogP) is 7.47. The fraction of sp³-hybridized carbons (Fsp3) is 0.258. The maximum atomic E-state index is 13.3. The number of hydrogen-bond acceptors (Lipinski definition) is 8. The summed E-state index contributed by atoms with van der Waals surface area (Å²) in [4.78, 5) is 18.0. The van der Waals surface area contributed by atoms with Gasteiger partial charge in [-0.1, -0.05) is 71.9 Å². The number of allylic oxidation sites excluding steroid dienone is 1. The minimum Gasteiger partial charge on any atom is -0.493 e. The highest BCUT2D eigenvalue weighted by Gasteiger charge is 2.36. The molecule has 0 saturated heterocycles. The molecule has 1 aliphatic heterocycles. The summed E-state index contributed by atoms with van der Waals surface area (Å²) in [5.41, 5.74) is 4.00. The summed E-state index contributed by atoms with van der Waals surface area (Å²) in [5, 5.41) is 9.28. The summed E-state index contributed by atoms with van der Waals surface area (Å²) in [7, 11) is 1.59. The van der Waals surface area contributed by atoms with Crippen LogP contribution in [-0.4, -0.2) is 41.1 Å². The second kappa shape index (κ2) is 13.7. The number of fused-ring (bicyclic) bond motifs is 1. The number of carbonyl (C=O) groups is 1. The largest absolute Gasteiger partial charge is 0.493 e. The van der Waals surface area contributed by atoms with Crippen molar-refractivity contribution in [1.82, 2.24) is 14.8 Å². The van der Waals surface area contributed by atoms with E-state index < -0.39 is 12.0 Å². The van der Waals surface area contributed by atoms with Crippen LogP contribution in [0.1, 0.15) is 36.6 Å². The minimum atomic E-state index is -0.619. The molecule has 1 N–H and O–H groups in total. The first-order chi connectivity index (χ1) is 20.4. The number of benzene rings is 3. The molecular formula is C31H30BrClN4O4S. The zero-order valence-electron chi connectivity index (χ0n) is 23.4. The molecule has 42 heavy (non-hydrogen) atoms. The summed E-state index contributed by atoms with van der Waals surface area (Å²) in [5.74, 6) is 1.79. The average molecular weight is 670 g/mol.